The third-order valence-corrected chi connectivity index (χ3v) is 6.22. The maximum atomic E-state index is 11.9. The van der Waals surface area contributed by atoms with Gasteiger partial charge in [0.05, 0.1) is 7.11 Å². The quantitative estimate of drug-likeness (QED) is 0.424. The number of esters is 3. The molecule has 0 saturated carbocycles. The van der Waals surface area contributed by atoms with Gasteiger partial charge in [-0.25, -0.2) is 0 Å². The molecule has 3 rings (SSSR count). The van der Waals surface area contributed by atoms with Gasteiger partial charge in [0.15, 0.2) is 23.7 Å². The zero-order chi connectivity index (χ0) is 24.8. The number of pyridine rings is 1. The molecule has 0 spiro atoms. The van der Waals surface area contributed by atoms with Gasteiger partial charge in [0.2, 0.25) is 0 Å². The lowest BCUT2D eigenvalue weighted by Crippen LogP contribution is -2.55. The largest absolute Gasteiger partial charge is 0.497 e. The second-order valence-electron chi connectivity index (χ2n) is 7.65. The Hall–Kier alpha value is -3.27. The molecule has 4 atom stereocenters. The number of ether oxygens (including phenoxy) is 5. The van der Waals surface area contributed by atoms with E-state index in [4.69, 9.17) is 23.7 Å². The number of hydrogen-bond acceptors (Lipinski definition) is 10. The van der Waals surface area contributed by atoms with Crippen LogP contribution in [0.3, 0.4) is 0 Å². The zero-order valence-electron chi connectivity index (χ0n) is 19.6. The molecule has 1 saturated heterocycles. The summed E-state index contributed by atoms with van der Waals surface area (Å²) >= 11 is 1.29. The molecule has 2 heterocycles. The van der Waals surface area contributed by atoms with E-state index in [1.807, 2.05) is 37.3 Å². The van der Waals surface area contributed by atoms with Gasteiger partial charge in [0.25, 0.3) is 0 Å². The minimum absolute atomic E-state index is 0.275. The van der Waals surface area contributed by atoms with Crippen LogP contribution in [0.2, 0.25) is 0 Å². The molecule has 0 unspecified atom stereocenters. The van der Waals surface area contributed by atoms with E-state index < -0.39 is 41.7 Å². The summed E-state index contributed by atoms with van der Waals surface area (Å²) in [5.41, 5.74) is 1.46. The van der Waals surface area contributed by atoms with E-state index in [0.29, 0.717) is 17.2 Å². The summed E-state index contributed by atoms with van der Waals surface area (Å²) in [6, 6.07) is 9.18. The molecule has 1 aromatic heterocycles. The molecule has 34 heavy (non-hydrogen) atoms. The van der Waals surface area contributed by atoms with Crippen LogP contribution in [0, 0.1) is 6.92 Å². The summed E-state index contributed by atoms with van der Waals surface area (Å²) in [4.78, 5) is 39.8. The number of benzene rings is 1. The number of hydrogen-bond donors (Lipinski definition) is 0. The second kappa shape index (κ2) is 11.2. The molecule has 1 aliphatic heterocycles. The van der Waals surface area contributed by atoms with Gasteiger partial charge in [0, 0.05) is 38.3 Å². The summed E-state index contributed by atoms with van der Waals surface area (Å²) < 4.78 is 27.9. The first-order valence-electron chi connectivity index (χ1n) is 10.6. The van der Waals surface area contributed by atoms with E-state index in [1.54, 1.807) is 13.3 Å². The van der Waals surface area contributed by atoms with Crippen LogP contribution in [0.1, 0.15) is 26.3 Å². The SMILES string of the molecule is COc1ccc(-c2nccc(C)c2O[C@@H]2SC[C@@H](OC(C)=O)[C@H](OC(C)=O)[C@H]2OC(C)=O)cc1. The van der Waals surface area contributed by atoms with E-state index in [0.717, 1.165) is 11.1 Å². The maximum absolute atomic E-state index is 11.9. The lowest BCUT2D eigenvalue weighted by atomic mass is 10.1. The van der Waals surface area contributed by atoms with Crippen molar-refractivity contribution in [3.8, 4) is 22.8 Å². The number of rotatable bonds is 7. The molecule has 1 aliphatic rings. The first kappa shape index (κ1) is 25.4. The smallest absolute Gasteiger partial charge is 0.303 e. The van der Waals surface area contributed by atoms with Crippen LogP contribution in [0.15, 0.2) is 36.5 Å². The summed E-state index contributed by atoms with van der Waals surface area (Å²) in [5.74, 6) is -0.239. The van der Waals surface area contributed by atoms with Crippen molar-refractivity contribution in [2.45, 2.75) is 51.4 Å². The lowest BCUT2D eigenvalue weighted by molar-refractivity contribution is -0.186. The lowest BCUT2D eigenvalue weighted by Gasteiger charge is -2.40. The molecule has 0 amide bonds. The monoisotopic (exact) mass is 489 g/mol. The van der Waals surface area contributed by atoms with E-state index in [-0.39, 0.29) is 5.75 Å². The van der Waals surface area contributed by atoms with Gasteiger partial charge >= 0.3 is 17.9 Å². The average Bonchev–Trinajstić information content (AvgIpc) is 2.78. The van der Waals surface area contributed by atoms with Gasteiger partial charge in [-0.05, 0) is 42.8 Å². The Morgan fingerprint density at radius 1 is 0.912 bits per heavy atom. The summed E-state index contributed by atoms with van der Waals surface area (Å²) in [7, 11) is 1.59. The maximum Gasteiger partial charge on any atom is 0.303 e. The van der Waals surface area contributed by atoms with Crippen LogP contribution >= 0.6 is 11.8 Å². The standard InChI is InChI=1S/C24H27NO8S/c1-13-10-11-25-20(17-6-8-18(29-5)9-7-17)21(13)33-24-23(32-16(4)28)22(31-15(3)27)19(12-34-24)30-14(2)26/h6-11,19,22-24H,12H2,1-5H3/t19-,22+,23-,24-/m1/s1. The van der Waals surface area contributed by atoms with Crippen molar-refractivity contribution in [3.63, 3.8) is 0 Å². The topological polar surface area (TPSA) is 110 Å². The molecule has 182 valence electrons. The number of methoxy groups -OCH3 is 1. The zero-order valence-corrected chi connectivity index (χ0v) is 20.4. The molecule has 2 aromatic rings. The minimum Gasteiger partial charge on any atom is -0.497 e. The van der Waals surface area contributed by atoms with Gasteiger partial charge in [-0.2, -0.15) is 0 Å². The predicted octanol–water partition coefficient (Wildman–Crippen LogP) is 3.31. The fourth-order valence-corrected chi connectivity index (χ4v) is 4.78. The van der Waals surface area contributed by atoms with Crippen LogP contribution < -0.4 is 9.47 Å². The molecule has 0 radical (unpaired) electrons. The van der Waals surface area contributed by atoms with Crippen LogP contribution in [0.4, 0.5) is 0 Å². The highest BCUT2D eigenvalue weighted by molar-refractivity contribution is 7.99. The fraction of sp³-hybridized carbons (Fsp3) is 0.417. The number of carbonyl (C=O) groups excluding carboxylic acids is 3. The molecule has 10 heteroatoms. The average molecular weight is 490 g/mol. The van der Waals surface area contributed by atoms with Crippen LogP contribution in [0.25, 0.3) is 11.3 Å². The number of aromatic nitrogens is 1. The predicted molar refractivity (Wildman–Crippen MR) is 124 cm³/mol. The minimum atomic E-state index is -1.03. The Morgan fingerprint density at radius 3 is 2.12 bits per heavy atom. The summed E-state index contributed by atoms with van der Waals surface area (Å²) in [6.07, 6.45) is -1.17. The summed E-state index contributed by atoms with van der Waals surface area (Å²) in [5, 5.41) is 0. The van der Waals surface area contributed by atoms with Crippen LogP contribution in [0.5, 0.6) is 11.5 Å². The van der Waals surface area contributed by atoms with Gasteiger partial charge in [0.1, 0.15) is 17.2 Å². The normalized spacial score (nSPS) is 21.8. The third-order valence-electron chi connectivity index (χ3n) is 5.00. The Balaban J connectivity index is 1.97. The molecular formula is C24H27NO8S. The number of aryl methyl sites for hydroxylation is 1. The first-order valence-corrected chi connectivity index (χ1v) is 11.6. The second-order valence-corrected chi connectivity index (χ2v) is 8.78. The van der Waals surface area contributed by atoms with Crippen molar-refractivity contribution in [1.29, 1.82) is 0 Å². The van der Waals surface area contributed by atoms with Crippen LogP contribution in [-0.4, -0.2) is 59.5 Å². The van der Waals surface area contributed by atoms with Gasteiger partial charge in [-0.15, -0.1) is 11.8 Å². The van der Waals surface area contributed by atoms with Gasteiger partial charge < -0.3 is 23.7 Å². The number of carbonyl (C=O) groups is 3. The molecule has 1 fully saturated rings. The van der Waals surface area contributed by atoms with Crippen molar-refractivity contribution in [2.24, 2.45) is 0 Å². The first-order chi connectivity index (χ1) is 16.2. The van der Waals surface area contributed by atoms with Gasteiger partial charge in [-0.1, -0.05) is 0 Å². The highest BCUT2D eigenvalue weighted by atomic mass is 32.2. The molecule has 1 aromatic carbocycles. The Labute approximate surface area is 202 Å². The Kier molecular flexibility index (Phi) is 8.38. The fourth-order valence-electron chi connectivity index (χ4n) is 3.57. The molecule has 9 nitrogen and oxygen atoms in total. The van der Waals surface area contributed by atoms with Crippen molar-refractivity contribution < 1.29 is 38.1 Å². The Morgan fingerprint density at radius 2 is 1.53 bits per heavy atom. The number of thioether (sulfide) groups is 1. The molecule has 0 N–H and O–H groups in total. The third kappa shape index (κ3) is 6.19. The van der Waals surface area contributed by atoms with Crippen molar-refractivity contribution in [3.05, 3.63) is 42.1 Å². The number of nitrogens with zero attached hydrogens (tertiary/aromatic N) is 1. The molecule has 0 aliphatic carbocycles. The van der Waals surface area contributed by atoms with Crippen LogP contribution in [-0.2, 0) is 28.6 Å². The Bertz CT molecular complexity index is 1040. The molecular weight excluding hydrogens is 462 g/mol. The summed E-state index contributed by atoms with van der Waals surface area (Å²) in [6.45, 7) is 5.63. The van der Waals surface area contributed by atoms with E-state index in [9.17, 15) is 14.4 Å². The van der Waals surface area contributed by atoms with Crippen molar-refractivity contribution >= 4 is 29.7 Å². The van der Waals surface area contributed by atoms with E-state index in [2.05, 4.69) is 4.98 Å². The van der Waals surface area contributed by atoms with E-state index >= 15 is 0 Å². The molecule has 0 bridgehead atoms. The van der Waals surface area contributed by atoms with Gasteiger partial charge in [-0.3, -0.25) is 19.4 Å². The van der Waals surface area contributed by atoms with E-state index in [1.165, 1.54) is 32.5 Å². The van der Waals surface area contributed by atoms with Crippen molar-refractivity contribution in [2.75, 3.05) is 12.9 Å². The highest BCUT2D eigenvalue weighted by Gasteiger charge is 2.48. The highest BCUT2D eigenvalue weighted by Crippen LogP contribution is 2.38. The van der Waals surface area contributed by atoms with Crippen molar-refractivity contribution in [1.82, 2.24) is 4.98 Å².